The summed E-state index contributed by atoms with van der Waals surface area (Å²) in [5, 5.41) is 2.98. The van der Waals surface area contributed by atoms with Gasteiger partial charge in [-0.15, -0.1) is 0 Å². The maximum absolute atomic E-state index is 13.7. The lowest BCUT2D eigenvalue weighted by atomic mass is 10.0. The van der Waals surface area contributed by atoms with Crippen LogP contribution in [0.4, 0.5) is 0 Å². The van der Waals surface area contributed by atoms with Crippen molar-refractivity contribution in [3.8, 4) is 23.0 Å². The van der Waals surface area contributed by atoms with Gasteiger partial charge in [0.2, 0.25) is 5.91 Å². The number of nitrogens with zero attached hydrogens (tertiary/aromatic N) is 1. The van der Waals surface area contributed by atoms with Gasteiger partial charge in [0.05, 0.1) is 21.3 Å². The monoisotopic (exact) mass is 520 g/mol. The van der Waals surface area contributed by atoms with Crippen LogP contribution in [0.3, 0.4) is 0 Å². The van der Waals surface area contributed by atoms with Crippen LogP contribution in [0.25, 0.3) is 0 Å². The summed E-state index contributed by atoms with van der Waals surface area (Å²) in [6, 6.07) is 21.3. The standard InChI is InChI=1S/C30H36N2O6/c1-21(2)31-30(34)28(15-22-10-7-6-8-11-22)32(19-23-12-9-13-24(14-23)35-3)29(33)20-38-27-17-25(36-4)16-26(18-27)37-5/h6-14,16-18,21,28H,15,19-20H2,1-5H3,(H,31,34). The van der Waals surface area contributed by atoms with Crippen LogP contribution < -0.4 is 24.3 Å². The van der Waals surface area contributed by atoms with Gasteiger partial charge in [0.1, 0.15) is 29.0 Å². The highest BCUT2D eigenvalue weighted by Gasteiger charge is 2.31. The van der Waals surface area contributed by atoms with Gasteiger partial charge in [-0.25, -0.2) is 0 Å². The molecule has 1 N–H and O–H groups in total. The summed E-state index contributed by atoms with van der Waals surface area (Å²) in [5.41, 5.74) is 1.77. The quantitative estimate of drug-likeness (QED) is 0.363. The minimum absolute atomic E-state index is 0.0879. The normalized spacial score (nSPS) is 11.4. The number of benzene rings is 3. The van der Waals surface area contributed by atoms with E-state index in [0.29, 0.717) is 29.4 Å². The van der Waals surface area contributed by atoms with E-state index in [0.717, 1.165) is 11.1 Å². The highest BCUT2D eigenvalue weighted by Crippen LogP contribution is 2.27. The number of nitrogens with one attached hydrogen (secondary N) is 1. The fraction of sp³-hybridized carbons (Fsp3) is 0.333. The number of rotatable bonds is 13. The molecule has 8 nitrogen and oxygen atoms in total. The first kappa shape index (κ1) is 28.4. The topological polar surface area (TPSA) is 86.3 Å². The minimum atomic E-state index is -0.762. The second-order valence-electron chi connectivity index (χ2n) is 9.08. The number of amides is 2. The Balaban J connectivity index is 1.93. The summed E-state index contributed by atoms with van der Waals surface area (Å²) in [6.07, 6.45) is 0.349. The summed E-state index contributed by atoms with van der Waals surface area (Å²) >= 11 is 0. The van der Waals surface area contributed by atoms with Gasteiger partial charge in [-0.1, -0.05) is 42.5 Å². The van der Waals surface area contributed by atoms with Crippen LogP contribution in [0.5, 0.6) is 23.0 Å². The van der Waals surface area contributed by atoms with E-state index in [4.69, 9.17) is 18.9 Å². The summed E-state index contributed by atoms with van der Waals surface area (Å²) in [7, 11) is 4.68. The molecule has 1 atom stereocenters. The number of ether oxygens (including phenoxy) is 4. The van der Waals surface area contributed by atoms with Crippen LogP contribution in [-0.2, 0) is 22.6 Å². The maximum atomic E-state index is 13.7. The molecule has 0 saturated carbocycles. The van der Waals surface area contributed by atoms with Crippen molar-refractivity contribution in [2.24, 2.45) is 0 Å². The fourth-order valence-electron chi connectivity index (χ4n) is 3.99. The largest absolute Gasteiger partial charge is 0.497 e. The Morgan fingerprint density at radius 2 is 1.37 bits per heavy atom. The second-order valence-corrected chi connectivity index (χ2v) is 9.08. The number of carbonyl (C=O) groups excluding carboxylic acids is 2. The molecule has 0 spiro atoms. The molecule has 0 aromatic heterocycles. The first-order valence-electron chi connectivity index (χ1n) is 12.5. The Kier molecular flexibility index (Phi) is 10.4. The molecule has 0 fully saturated rings. The molecule has 0 aliphatic heterocycles. The predicted octanol–water partition coefficient (Wildman–Crippen LogP) is 4.26. The van der Waals surface area contributed by atoms with Gasteiger partial charge < -0.3 is 29.2 Å². The highest BCUT2D eigenvalue weighted by atomic mass is 16.5. The Morgan fingerprint density at radius 3 is 1.97 bits per heavy atom. The van der Waals surface area contributed by atoms with E-state index in [9.17, 15) is 9.59 Å². The average molecular weight is 521 g/mol. The molecule has 0 saturated heterocycles. The van der Waals surface area contributed by atoms with E-state index in [1.807, 2.05) is 68.4 Å². The molecule has 0 bridgehead atoms. The first-order valence-corrected chi connectivity index (χ1v) is 12.5. The maximum Gasteiger partial charge on any atom is 0.261 e. The summed E-state index contributed by atoms with van der Waals surface area (Å²) in [5.74, 6) is 1.59. The number of methoxy groups -OCH3 is 3. The SMILES string of the molecule is COc1cccc(CN(C(=O)COc2cc(OC)cc(OC)c2)C(Cc2ccccc2)C(=O)NC(C)C)c1. The molecule has 38 heavy (non-hydrogen) atoms. The van der Waals surface area contributed by atoms with Crippen molar-refractivity contribution in [3.63, 3.8) is 0 Å². The second kappa shape index (κ2) is 13.9. The highest BCUT2D eigenvalue weighted by molar-refractivity contribution is 5.88. The third-order valence-corrected chi connectivity index (χ3v) is 5.88. The van der Waals surface area contributed by atoms with Crippen LogP contribution in [0, 0.1) is 0 Å². The predicted molar refractivity (Wildman–Crippen MR) is 146 cm³/mol. The lowest BCUT2D eigenvalue weighted by molar-refractivity contribution is -0.143. The zero-order valence-electron chi connectivity index (χ0n) is 22.6. The van der Waals surface area contributed by atoms with Gasteiger partial charge in [0.25, 0.3) is 5.91 Å². The molecule has 3 rings (SSSR count). The van der Waals surface area contributed by atoms with E-state index in [1.165, 1.54) is 0 Å². The molecule has 0 heterocycles. The molecule has 1 unspecified atom stereocenters. The van der Waals surface area contributed by atoms with Crippen molar-refractivity contribution in [2.75, 3.05) is 27.9 Å². The third kappa shape index (κ3) is 8.16. The van der Waals surface area contributed by atoms with Gasteiger partial charge in [0, 0.05) is 37.2 Å². The van der Waals surface area contributed by atoms with E-state index in [2.05, 4.69) is 5.32 Å². The van der Waals surface area contributed by atoms with Crippen molar-refractivity contribution < 1.29 is 28.5 Å². The Bertz CT molecular complexity index is 1180. The molecule has 3 aromatic rings. The zero-order chi connectivity index (χ0) is 27.5. The fourth-order valence-corrected chi connectivity index (χ4v) is 3.99. The molecule has 0 radical (unpaired) electrons. The van der Waals surface area contributed by atoms with Gasteiger partial charge in [0.15, 0.2) is 6.61 Å². The molecule has 2 amide bonds. The number of hydrogen-bond donors (Lipinski definition) is 1. The van der Waals surface area contributed by atoms with Crippen molar-refractivity contribution in [3.05, 3.63) is 83.9 Å². The Hall–Kier alpha value is -4.20. The first-order chi connectivity index (χ1) is 18.3. The Labute approximate surface area is 224 Å². The molecule has 8 heteroatoms. The Morgan fingerprint density at radius 1 is 0.763 bits per heavy atom. The number of hydrogen-bond acceptors (Lipinski definition) is 6. The smallest absolute Gasteiger partial charge is 0.261 e. The molecule has 0 aliphatic rings. The van der Waals surface area contributed by atoms with E-state index in [1.54, 1.807) is 44.4 Å². The van der Waals surface area contributed by atoms with Crippen LogP contribution >= 0.6 is 0 Å². The lowest BCUT2D eigenvalue weighted by Crippen LogP contribution is -2.52. The number of carbonyl (C=O) groups is 2. The van der Waals surface area contributed by atoms with E-state index >= 15 is 0 Å². The summed E-state index contributed by atoms with van der Waals surface area (Å²) in [6.45, 7) is 3.71. The molecular weight excluding hydrogens is 484 g/mol. The third-order valence-electron chi connectivity index (χ3n) is 5.88. The van der Waals surface area contributed by atoms with Gasteiger partial charge >= 0.3 is 0 Å². The minimum Gasteiger partial charge on any atom is -0.497 e. The van der Waals surface area contributed by atoms with Gasteiger partial charge in [-0.2, -0.15) is 0 Å². The van der Waals surface area contributed by atoms with Crippen molar-refractivity contribution in [2.45, 2.75) is 38.9 Å². The zero-order valence-corrected chi connectivity index (χ0v) is 22.6. The van der Waals surface area contributed by atoms with Crippen LogP contribution in [-0.4, -0.2) is 56.7 Å². The van der Waals surface area contributed by atoms with E-state index in [-0.39, 0.29) is 31.0 Å². The van der Waals surface area contributed by atoms with Crippen LogP contribution in [0.15, 0.2) is 72.8 Å². The molecule has 202 valence electrons. The van der Waals surface area contributed by atoms with Gasteiger partial charge in [-0.05, 0) is 37.1 Å². The van der Waals surface area contributed by atoms with Crippen molar-refractivity contribution in [1.82, 2.24) is 10.2 Å². The van der Waals surface area contributed by atoms with E-state index < -0.39 is 6.04 Å². The van der Waals surface area contributed by atoms with Crippen LogP contribution in [0.1, 0.15) is 25.0 Å². The molecular formula is C30H36N2O6. The lowest BCUT2D eigenvalue weighted by Gasteiger charge is -2.32. The van der Waals surface area contributed by atoms with Crippen molar-refractivity contribution in [1.29, 1.82) is 0 Å². The van der Waals surface area contributed by atoms with Crippen LogP contribution in [0.2, 0.25) is 0 Å². The van der Waals surface area contributed by atoms with Gasteiger partial charge in [-0.3, -0.25) is 9.59 Å². The average Bonchev–Trinajstić information content (AvgIpc) is 2.93. The van der Waals surface area contributed by atoms with Crippen molar-refractivity contribution >= 4 is 11.8 Å². The molecule has 0 aliphatic carbocycles. The molecule has 3 aromatic carbocycles. The summed E-state index contributed by atoms with van der Waals surface area (Å²) in [4.78, 5) is 28.8. The summed E-state index contributed by atoms with van der Waals surface area (Å²) < 4.78 is 21.9.